The Bertz CT molecular complexity index is 1220. The van der Waals surface area contributed by atoms with E-state index < -0.39 is 11.9 Å². The molecule has 0 aliphatic rings. The molecule has 0 atom stereocenters. The number of esters is 2. The SMILES string of the molecule is C=C(C)C(=O)OCOc1ccc(-c2ccc(-c3ccc(OCOC(=O)C(=C)C)cc3)c(C)c2)cc1. The van der Waals surface area contributed by atoms with E-state index in [1.54, 1.807) is 13.8 Å². The van der Waals surface area contributed by atoms with Crippen LogP contribution in [0.5, 0.6) is 11.5 Å². The third-order valence-corrected chi connectivity index (χ3v) is 5.11. The van der Waals surface area contributed by atoms with E-state index in [4.69, 9.17) is 18.9 Å². The first kappa shape index (κ1) is 25.3. The van der Waals surface area contributed by atoms with Crippen LogP contribution in [-0.4, -0.2) is 25.5 Å². The van der Waals surface area contributed by atoms with Crippen LogP contribution in [0.4, 0.5) is 0 Å². The molecule has 0 spiro atoms. The third-order valence-electron chi connectivity index (χ3n) is 5.11. The van der Waals surface area contributed by atoms with Crippen molar-refractivity contribution >= 4 is 11.9 Å². The van der Waals surface area contributed by atoms with E-state index in [0.717, 1.165) is 27.8 Å². The number of benzene rings is 3. The van der Waals surface area contributed by atoms with Crippen LogP contribution in [0.2, 0.25) is 0 Å². The van der Waals surface area contributed by atoms with Gasteiger partial charge >= 0.3 is 11.9 Å². The predicted octanol–water partition coefficient (Wildman–Crippen LogP) is 6.24. The lowest BCUT2D eigenvalue weighted by Crippen LogP contribution is -2.10. The summed E-state index contributed by atoms with van der Waals surface area (Å²) in [6.45, 7) is 12.0. The van der Waals surface area contributed by atoms with Gasteiger partial charge in [0.25, 0.3) is 0 Å². The van der Waals surface area contributed by atoms with Crippen molar-refractivity contribution in [3.05, 3.63) is 96.6 Å². The van der Waals surface area contributed by atoms with Crippen molar-refractivity contribution in [2.45, 2.75) is 20.8 Å². The molecule has 35 heavy (non-hydrogen) atoms. The smallest absolute Gasteiger partial charge is 0.335 e. The molecular weight excluding hydrogens is 444 g/mol. The second-order valence-electron chi connectivity index (χ2n) is 8.03. The maximum Gasteiger partial charge on any atom is 0.335 e. The van der Waals surface area contributed by atoms with Gasteiger partial charge < -0.3 is 18.9 Å². The molecule has 3 aromatic rings. The molecule has 6 nitrogen and oxygen atoms in total. The van der Waals surface area contributed by atoms with Crippen molar-refractivity contribution in [3.8, 4) is 33.8 Å². The van der Waals surface area contributed by atoms with Gasteiger partial charge in [-0.2, -0.15) is 0 Å². The number of carbonyl (C=O) groups excluding carboxylic acids is 2. The highest BCUT2D eigenvalue weighted by Gasteiger charge is 2.08. The van der Waals surface area contributed by atoms with Crippen molar-refractivity contribution in [3.63, 3.8) is 0 Å². The molecule has 0 heterocycles. The second kappa shape index (κ2) is 11.7. The molecule has 0 aromatic heterocycles. The standard InChI is InChI=1S/C29H28O6/c1-19(2)28(30)34-17-32-25-11-6-22(7-12-25)24-10-15-27(21(5)16-24)23-8-13-26(14-9-23)33-18-35-29(31)20(3)4/h6-16H,1,3,17-18H2,2,4-5H3. The Balaban J connectivity index is 1.61. The summed E-state index contributed by atoms with van der Waals surface area (Å²) in [5.41, 5.74) is 6.05. The summed E-state index contributed by atoms with van der Waals surface area (Å²) in [5.74, 6) is 0.245. The number of aryl methyl sites for hydroxylation is 1. The van der Waals surface area contributed by atoms with E-state index in [9.17, 15) is 9.59 Å². The molecule has 0 fully saturated rings. The Hall–Kier alpha value is -4.32. The Morgan fingerprint density at radius 2 is 1.09 bits per heavy atom. The summed E-state index contributed by atoms with van der Waals surface area (Å²) in [6, 6.07) is 21.4. The highest BCUT2D eigenvalue weighted by Crippen LogP contribution is 2.30. The Labute approximate surface area is 205 Å². The van der Waals surface area contributed by atoms with Gasteiger partial charge in [0.2, 0.25) is 13.6 Å². The van der Waals surface area contributed by atoms with Crippen molar-refractivity contribution in [2.75, 3.05) is 13.6 Å². The molecule has 180 valence electrons. The molecule has 0 saturated carbocycles. The third kappa shape index (κ3) is 7.08. The van der Waals surface area contributed by atoms with Gasteiger partial charge in [0.1, 0.15) is 11.5 Å². The van der Waals surface area contributed by atoms with Gasteiger partial charge in [-0.1, -0.05) is 55.6 Å². The molecule has 0 N–H and O–H groups in total. The molecule has 6 heteroatoms. The first-order chi connectivity index (χ1) is 16.7. The molecule has 0 unspecified atom stereocenters. The molecule has 0 aliphatic heterocycles. The van der Waals surface area contributed by atoms with Gasteiger partial charge in [0.05, 0.1) is 0 Å². The maximum atomic E-state index is 11.4. The van der Waals surface area contributed by atoms with Gasteiger partial charge in [-0.25, -0.2) is 9.59 Å². The van der Waals surface area contributed by atoms with Crippen LogP contribution >= 0.6 is 0 Å². The minimum absolute atomic E-state index is 0.164. The van der Waals surface area contributed by atoms with Gasteiger partial charge in [-0.3, -0.25) is 0 Å². The Morgan fingerprint density at radius 3 is 1.51 bits per heavy atom. The van der Waals surface area contributed by atoms with Crippen LogP contribution in [0.15, 0.2) is 91.0 Å². The first-order valence-corrected chi connectivity index (χ1v) is 11.0. The van der Waals surface area contributed by atoms with Gasteiger partial charge in [0, 0.05) is 11.1 Å². The van der Waals surface area contributed by atoms with Crippen molar-refractivity contribution in [2.24, 2.45) is 0 Å². The lowest BCUT2D eigenvalue weighted by Gasteiger charge is -2.12. The van der Waals surface area contributed by atoms with Gasteiger partial charge in [0.15, 0.2) is 0 Å². The normalized spacial score (nSPS) is 10.3. The monoisotopic (exact) mass is 472 g/mol. The van der Waals surface area contributed by atoms with Crippen LogP contribution in [0, 0.1) is 6.92 Å². The lowest BCUT2D eigenvalue weighted by molar-refractivity contribution is -0.146. The highest BCUT2D eigenvalue weighted by atomic mass is 16.7. The van der Waals surface area contributed by atoms with Crippen LogP contribution < -0.4 is 9.47 Å². The fourth-order valence-corrected chi connectivity index (χ4v) is 3.19. The predicted molar refractivity (Wildman–Crippen MR) is 135 cm³/mol. The minimum Gasteiger partial charge on any atom is -0.457 e. The average molecular weight is 473 g/mol. The van der Waals surface area contributed by atoms with E-state index in [1.165, 1.54) is 0 Å². The van der Waals surface area contributed by atoms with E-state index in [1.807, 2.05) is 48.5 Å². The summed E-state index contributed by atoms with van der Waals surface area (Å²) in [7, 11) is 0. The topological polar surface area (TPSA) is 71.1 Å². The molecule has 0 aliphatic carbocycles. The summed E-state index contributed by atoms with van der Waals surface area (Å²) in [4.78, 5) is 22.8. The van der Waals surface area contributed by atoms with Crippen LogP contribution in [-0.2, 0) is 19.1 Å². The van der Waals surface area contributed by atoms with Crippen molar-refractivity contribution in [1.82, 2.24) is 0 Å². The molecular formula is C29H28O6. The van der Waals surface area contributed by atoms with Gasteiger partial charge in [-0.15, -0.1) is 0 Å². The van der Waals surface area contributed by atoms with E-state index in [-0.39, 0.29) is 13.6 Å². The van der Waals surface area contributed by atoms with Crippen LogP contribution in [0.25, 0.3) is 22.3 Å². The Kier molecular flexibility index (Phi) is 8.46. The average Bonchev–Trinajstić information content (AvgIpc) is 2.84. The zero-order valence-corrected chi connectivity index (χ0v) is 20.1. The lowest BCUT2D eigenvalue weighted by atomic mass is 9.96. The molecule has 0 bridgehead atoms. The molecule has 0 saturated heterocycles. The summed E-state index contributed by atoms with van der Waals surface area (Å²) in [6.07, 6.45) is 0. The molecule has 0 amide bonds. The molecule has 3 rings (SSSR count). The number of rotatable bonds is 10. The van der Waals surface area contributed by atoms with E-state index in [0.29, 0.717) is 22.6 Å². The summed E-state index contributed by atoms with van der Waals surface area (Å²) >= 11 is 0. The van der Waals surface area contributed by atoms with Crippen LogP contribution in [0.1, 0.15) is 19.4 Å². The highest BCUT2D eigenvalue weighted by molar-refractivity contribution is 5.87. The maximum absolute atomic E-state index is 11.4. The molecule has 0 radical (unpaired) electrons. The largest absolute Gasteiger partial charge is 0.457 e. The van der Waals surface area contributed by atoms with Gasteiger partial charge in [-0.05, 0) is 72.9 Å². The quantitative estimate of drug-likeness (QED) is 0.198. The zero-order valence-electron chi connectivity index (χ0n) is 20.1. The number of carbonyl (C=O) groups is 2. The minimum atomic E-state index is -0.483. The van der Waals surface area contributed by atoms with Crippen molar-refractivity contribution < 1.29 is 28.5 Å². The number of hydrogen-bond acceptors (Lipinski definition) is 6. The van der Waals surface area contributed by atoms with Crippen molar-refractivity contribution in [1.29, 1.82) is 0 Å². The number of ether oxygens (including phenoxy) is 4. The van der Waals surface area contributed by atoms with E-state index >= 15 is 0 Å². The van der Waals surface area contributed by atoms with E-state index in [2.05, 4.69) is 38.3 Å². The summed E-state index contributed by atoms with van der Waals surface area (Å²) < 4.78 is 20.8. The first-order valence-electron chi connectivity index (χ1n) is 11.0. The summed E-state index contributed by atoms with van der Waals surface area (Å²) in [5, 5.41) is 0. The fraction of sp³-hybridized carbons (Fsp3) is 0.172. The number of hydrogen-bond donors (Lipinski definition) is 0. The second-order valence-corrected chi connectivity index (χ2v) is 8.03. The Morgan fingerprint density at radius 1 is 0.657 bits per heavy atom. The molecule has 3 aromatic carbocycles. The van der Waals surface area contributed by atoms with Crippen LogP contribution in [0.3, 0.4) is 0 Å². The zero-order chi connectivity index (χ0) is 25.4. The fourth-order valence-electron chi connectivity index (χ4n) is 3.19.